The molecule has 7 aromatic rings. The van der Waals surface area contributed by atoms with Crippen molar-refractivity contribution in [2.45, 2.75) is 29.1 Å². The van der Waals surface area contributed by atoms with Crippen LogP contribution in [-0.2, 0) is 5.41 Å². The summed E-state index contributed by atoms with van der Waals surface area (Å²) < 4.78 is 13.1. The second-order valence-electron chi connectivity index (χ2n) is 13.3. The van der Waals surface area contributed by atoms with E-state index in [0.29, 0.717) is 0 Å². The van der Waals surface area contributed by atoms with Crippen LogP contribution in [0.25, 0.3) is 33.4 Å². The average Bonchev–Trinajstić information content (AvgIpc) is 3.39. The lowest BCUT2D eigenvalue weighted by molar-refractivity contribution is 0.455. The summed E-state index contributed by atoms with van der Waals surface area (Å²) in [6, 6.07) is 53.7. The Morgan fingerprint density at radius 1 is 0.469 bits per heavy atom. The lowest BCUT2D eigenvalue weighted by Gasteiger charge is -2.33. The molecule has 0 fully saturated rings. The van der Waals surface area contributed by atoms with Crippen molar-refractivity contribution < 1.29 is 9.47 Å². The number of benzene rings is 7. The molecule has 0 spiro atoms. The van der Waals surface area contributed by atoms with Crippen LogP contribution in [0.4, 0.5) is 17.1 Å². The largest absolute Gasteiger partial charge is 0.455 e. The van der Waals surface area contributed by atoms with E-state index in [1.165, 1.54) is 32.7 Å². The Labute approximate surface area is 290 Å². The maximum Gasteiger partial charge on any atom is 0.152 e. The van der Waals surface area contributed by atoms with Gasteiger partial charge in [-0.25, -0.2) is 0 Å². The Balaban J connectivity index is 1.00. The van der Waals surface area contributed by atoms with Crippen molar-refractivity contribution in [1.29, 1.82) is 0 Å². The summed E-state index contributed by atoms with van der Waals surface area (Å²) in [6.45, 7) is 4.65. The molecule has 0 saturated carbocycles. The number of rotatable bonds is 3. The molecule has 49 heavy (non-hydrogen) atoms. The van der Waals surface area contributed by atoms with E-state index in [4.69, 9.17) is 9.47 Å². The van der Waals surface area contributed by atoms with Gasteiger partial charge in [-0.05, 0) is 87.5 Å². The Morgan fingerprint density at radius 2 is 1.12 bits per heavy atom. The zero-order valence-electron chi connectivity index (χ0n) is 27.1. The van der Waals surface area contributed by atoms with Crippen LogP contribution >= 0.6 is 11.8 Å². The van der Waals surface area contributed by atoms with Crippen molar-refractivity contribution in [3.05, 3.63) is 163 Å². The Morgan fingerprint density at radius 3 is 2.00 bits per heavy atom. The fraction of sp³-hybridized carbons (Fsp3) is 0.0667. The minimum Gasteiger partial charge on any atom is -0.455 e. The summed E-state index contributed by atoms with van der Waals surface area (Å²) in [6.07, 6.45) is 0. The molecule has 0 bridgehead atoms. The van der Waals surface area contributed by atoms with E-state index in [9.17, 15) is 0 Å². The molecule has 0 unspecified atom stereocenters. The molecular weight excluding hydrogens is 619 g/mol. The third-order valence-corrected chi connectivity index (χ3v) is 11.4. The number of ether oxygens (including phenoxy) is 2. The highest BCUT2D eigenvalue weighted by molar-refractivity contribution is 8.00. The summed E-state index contributed by atoms with van der Waals surface area (Å²) >= 11 is 1.84. The third-order valence-electron chi connectivity index (χ3n) is 10.1. The van der Waals surface area contributed by atoms with Crippen molar-refractivity contribution in [3.8, 4) is 56.4 Å². The first-order valence-electron chi connectivity index (χ1n) is 16.7. The summed E-state index contributed by atoms with van der Waals surface area (Å²) in [4.78, 5) is 4.62. The molecule has 0 radical (unpaired) electrons. The third kappa shape index (κ3) is 4.30. The molecule has 7 aromatic carbocycles. The van der Waals surface area contributed by atoms with Crippen LogP contribution in [-0.4, -0.2) is 0 Å². The van der Waals surface area contributed by atoms with Crippen molar-refractivity contribution in [2.24, 2.45) is 0 Å². The maximum absolute atomic E-state index is 6.62. The zero-order valence-corrected chi connectivity index (χ0v) is 27.9. The molecule has 2 heterocycles. The molecular formula is C45H31NO2S. The van der Waals surface area contributed by atoms with Gasteiger partial charge in [-0.1, -0.05) is 129 Å². The average molecular weight is 650 g/mol. The van der Waals surface area contributed by atoms with Gasteiger partial charge in [0.2, 0.25) is 0 Å². The van der Waals surface area contributed by atoms with E-state index in [-0.39, 0.29) is 5.41 Å². The molecule has 0 atom stereocenters. The van der Waals surface area contributed by atoms with Gasteiger partial charge in [-0.2, -0.15) is 0 Å². The van der Waals surface area contributed by atoms with Crippen molar-refractivity contribution >= 4 is 28.8 Å². The Kier molecular flexibility index (Phi) is 6.15. The molecule has 0 N–H and O–H groups in total. The highest BCUT2D eigenvalue weighted by atomic mass is 32.2. The number of para-hydroxylation sites is 3. The lowest BCUT2D eigenvalue weighted by Crippen LogP contribution is -2.15. The molecule has 0 saturated heterocycles. The van der Waals surface area contributed by atoms with E-state index in [1.807, 2.05) is 30.0 Å². The molecule has 234 valence electrons. The van der Waals surface area contributed by atoms with Crippen molar-refractivity contribution in [3.63, 3.8) is 0 Å². The number of hydrogen-bond donors (Lipinski definition) is 0. The number of nitrogens with zero attached hydrogens (tertiary/aromatic N) is 1. The quantitative estimate of drug-likeness (QED) is 0.190. The van der Waals surface area contributed by atoms with Crippen molar-refractivity contribution in [1.82, 2.24) is 0 Å². The maximum atomic E-state index is 6.62. The molecule has 3 aliphatic rings. The number of hydrogen-bond acceptors (Lipinski definition) is 4. The first-order chi connectivity index (χ1) is 24.0. The van der Waals surface area contributed by atoms with Gasteiger partial charge < -0.3 is 14.4 Å². The topological polar surface area (TPSA) is 21.7 Å². The van der Waals surface area contributed by atoms with Crippen LogP contribution in [0.5, 0.6) is 23.0 Å². The minimum absolute atomic E-state index is 0.0535. The second-order valence-corrected chi connectivity index (χ2v) is 14.3. The standard InChI is InChI=1S/C45H31NO2S/c1-45(2)34-15-7-6-13-33(34)42-35(45)24-26-40-44(42)49-43-32(14-10-18-39(43)48-40)29-21-19-28(20-22-29)30-23-25-37-41(27-30)47-38-17-9-8-16-36(38)46(37)31-11-4-3-5-12-31/h3-27H,1-2H3. The summed E-state index contributed by atoms with van der Waals surface area (Å²) in [5.74, 6) is 3.52. The molecule has 2 aliphatic heterocycles. The zero-order chi connectivity index (χ0) is 32.7. The fourth-order valence-corrected chi connectivity index (χ4v) is 8.95. The SMILES string of the molecule is CC1(C)c2ccccc2-c2c1ccc1c2Sc2c(cccc2-c2ccc(-c3ccc4c(c3)Oc3ccccc3N4c3ccccc3)cc2)O1. The number of anilines is 3. The van der Waals surface area contributed by atoms with Gasteiger partial charge >= 0.3 is 0 Å². The van der Waals surface area contributed by atoms with Gasteiger partial charge in [0.05, 0.1) is 21.2 Å². The van der Waals surface area contributed by atoms with Gasteiger partial charge in [0.15, 0.2) is 11.5 Å². The highest BCUT2D eigenvalue weighted by Gasteiger charge is 2.39. The molecule has 1 aliphatic carbocycles. The van der Waals surface area contributed by atoms with E-state index in [1.54, 1.807) is 0 Å². The smallest absolute Gasteiger partial charge is 0.152 e. The van der Waals surface area contributed by atoms with E-state index < -0.39 is 0 Å². The van der Waals surface area contributed by atoms with Gasteiger partial charge in [-0.15, -0.1) is 0 Å². The first-order valence-corrected chi connectivity index (χ1v) is 17.5. The molecule has 10 rings (SSSR count). The Bertz CT molecular complexity index is 2450. The van der Waals surface area contributed by atoms with Gasteiger partial charge in [0, 0.05) is 16.7 Å². The summed E-state index contributed by atoms with van der Waals surface area (Å²) in [7, 11) is 0. The van der Waals surface area contributed by atoms with Gasteiger partial charge in [0.25, 0.3) is 0 Å². The highest BCUT2D eigenvalue weighted by Crippen LogP contribution is 2.59. The Hall–Kier alpha value is -5.71. The van der Waals surface area contributed by atoms with E-state index in [0.717, 1.165) is 61.6 Å². The van der Waals surface area contributed by atoms with Crippen LogP contribution in [0.2, 0.25) is 0 Å². The van der Waals surface area contributed by atoms with E-state index >= 15 is 0 Å². The summed E-state index contributed by atoms with van der Waals surface area (Å²) in [5, 5.41) is 0. The van der Waals surface area contributed by atoms with E-state index in [2.05, 4.69) is 152 Å². The predicted molar refractivity (Wildman–Crippen MR) is 200 cm³/mol. The normalized spacial score (nSPS) is 14.3. The van der Waals surface area contributed by atoms with Crippen molar-refractivity contribution in [2.75, 3.05) is 4.90 Å². The van der Waals surface area contributed by atoms with Crippen LogP contribution in [0, 0.1) is 0 Å². The minimum atomic E-state index is -0.0535. The van der Waals surface area contributed by atoms with Crippen LogP contribution < -0.4 is 14.4 Å². The van der Waals surface area contributed by atoms with Crippen LogP contribution in [0.1, 0.15) is 25.0 Å². The second kappa shape index (κ2) is 10.6. The lowest BCUT2D eigenvalue weighted by atomic mass is 9.82. The molecule has 3 nitrogen and oxygen atoms in total. The van der Waals surface area contributed by atoms with Gasteiger partial charge in [0.1, 0.15) is 11.5 Å². The first kappa shape index (κ1) is 28.3. The fourth-order valence-electron chi connectivity index (χ4n) is 7.71. The molecule has 0 amide bonds. The van der Waals surface area contributed by atoms with Crippen LogP contribution in [0.15, 0.2) is 161 Å². The predicted octanol–water partition coefficient (Wildman–Crippen LogP) is 13.2. The summed E-state index contributed by atoms with van der Waals surface area (Å²) in [5.41, 5.74) is 13.0. The van der Waals surface area contributed by atoms with Gasteiger partial charge in [-0.3, -0.25) is 0 Å². The number of fused-ring (bicyclic) bond motifs is 8. The molecule has 4 heteroatoms. The molecule has 0 aromatic heterocycles. The monoisotopic (exact) mass is 649 g/mol. The van der Waals surface area contributed by atoms with Crippen LogP contribution in [0.3, 0.4) is 0 Å².